The summed E-state index contributed by atoms with van der Waals surface area (Å²) in [6.45, 7) is 6.28. The van der Waals surface area contributed by atoms with E-state index in [-0.39, 0.29) is 0 Å². The second-order valence-corrected chi connectivity index (χ2v) is 7.89. The predicted octanol–water partition coefficient (Wildman–Crippen LogP) is 0.707. The van der Waals surface area contributed by atoms with Crippen molar-refractivity contribution in [2.24, 2.45) is 0 Å². The van der Waals surface area contributed by atoms with Crippen molar-refractivity contribution in [1.29, 1.82) is 0 Å². The number of benzene rings is 2. The van der Waals surface area contributed by atoms with Gasteiger partial charge < -0.3 is 24.6 Å². The van der Waals surface area contributed by atoms with Gasteiger partial charge in [-0.05, 0) is 29.8 Å². The van der Waals surface area contributed by atoms with Crippen LogP contribution in [0.25, 0.3) is 17.0 Å². The number of aromatic nitrogens is 1. The van der Waals surface area contributed by atoms with Crippen LogP contribution in [0.15, 0.2) is 60.8 Å². The first-order chi connectivity index (χ1) is 14.2. The molecule has 0 saturated carbocycles. The Morgan fingerprint density at radius 1 is 1.07 bits per heavy atom. The molecule has 152 valence electrons. The van der Waals surface area contributed by atoms with Crippen molar-refractivity contribution in [2.75, 3.05) is 46.4 Å². The van der Waals surface area contributed by atoms with E-state index in [9.17, 15) is 5.11 Å². The zero-order valence-corrected chi connectivity index (χ0v) is 17.0. The summed E-state index contributed by atoms with van der Waals surface area (Å²) in [5.74, 6) is 0.818. The zero-order chi connectivity index (χ0) is 20.1. The second kappa shape index (κ2) is 9.27. The second-order valence-electron chi connectivity index (χ2n) is 7.89. The van der Waals surface area contributed by atoms with Crippen molar-refractivity contribution in [3.05, 3.63) is 71.9 Å². The van der Waals surface area contributed by atoms with Crippen molar-refractivity contribution in [3.63, 3.8) is 0 Å². The monoisotopic (exact) mass is 393 g/mol. The Morgan fingerprint density at radius 2 is 1.83 bits per heavy atom. The largest absolute Gasteiger partial charge is 0.497 e. The van der Waals surface area contributed by atoms with Crippen LogP contribution >= 0.6 is 0 Å². The highest BCUT2D eigenvalue weighted by Gasteiger charge is 2.26. The summed E-state index contributed by atoms with van der Waals surface area (Å²) < 4.78 is 5.34. The molecule has 0 aliphatic carbocycles. The molecule has 4 rings (SSSR count). The Morgan fingerprint density at radius 3 is 2.59 bits per heavy atom. The number of aliphatic hydroxyl groups excluding tert-OH is 1. The highest BCUT2D eigenvalue weighted by molar-refractivity contribution is 5.85. The van der Waals surface area contributed by atoms with Gasteiger partial charge in [0.15, 0.2) is 0 Å². The molecule has 1 saturated heterocycles. The lowest BCUT2D eigenvalue weighted by atomic mass is 10.1. The number of ether oxygens (including phenoxy) is 1. The molecule has 2 heterocycles. The number of hydrogen-bond donors (Lipinski definition) is 4. The van der Waals surface area contributed by atoms with Crippen LogP contribution in [0.5, 0.6) is 5.75 Å². The average Bonchev–Trinajstić information content (AvgIpc) is 3.19. The third-order valence-electron chi connectivity index (χ3n) is 5.94. The Bertz CT molecular complexity index is 943. The van der Waals surface area contributed by atoms with E-state index in [1.54, 1.807) is 12.0 Å². The van der Waals surface area contributed by atoms with Crippen LogP contribution in [-0.2, 0) is 0 Å². The first kappa shape index (κ1) is 19.7. The molecule has 1 atom stereocenters. The van der Waals surface area contributed by atoms with Gasteiger partial charge >= 0.3 is 0 Å². The first-order valence-corrected chi connectivity index (χ1v) is 10.4. The van der Waals surface area contributed by atoms with E-state index in [1.807, 2.05) is 30.5 Å². The summed E-state index contributed by atoms with van der Waals surface area (Å²) in [6.07, 6.45) is 5.96. The van der Waals surface area contributed by atoms with Crippen molar-refractivity contribution in [2.45, 2.75) is 6.10 Å². The Balaban J connectivity index is 1.29. The lowest BCUT2D eigenvalue weighted by molar-refractivity contribution is -1.01. The molecule has 5 nitrogen and oxygen atoms in total. The molecule has 5 heteroatoms. The number of H-pyrrole nitrogens is 1. The van der Waals surface area contributed by atoms with E-state index in [0.29, 0.717) is 0 Å². The normalized spacial score (nSPS) is 20.9. The molecule has 29 heavy (non-hydrogen) atoms. The number of piperazine rings is 1. The fourth-order valence-electron chi connectivity index (χ4n) is 4.20. The summed E-state index contributed by atoms with van der Waals surface area (Å²) in [5, 5.41) is 11.9. The summed E-state index contributed by atoms with van der Waals surface area (Å²) in [4.78, 5) is 6.36. The number of aromatic amines is 1. The molecular formula is C24H31N3O2+2. The van der Waals surface area contributed by atoms with E-state index in [1.165, 1.54) is 10.5 Å². The summed E-state index contributed by atoms with van der Waals surface area (Å²) in [6, 6.07) is 16.4. The molecule has 1 fully saturated rings. The van der Waals surface area contributed by atoms with E-state index in [4.69, 9.17) is 4.74 Å². The fraction of sp³-hybridized carbons (Fsp3) is 0.333. The minimum atomic E-state index is -0.467. The third kappa shape index (κ3) is 4.88. The van der Waals surface area contributed by atoms with Gasteiger partial charge in [-0.15, -0.1) is 0 Å². The molecule has 1 aliphatic heterocycles. The Kier molecular flexibility index (Phi) is 6.30. The molecule has 1 aliphatic rings. The van der Waals surface area contributed by atoms with Crippen molar-refractivity contribution in [3.8, 4) is 5.75 Å². The summed E-state index contributed by atoms with van der Waals surface area (Å²) in [5.41, 5.74) is 3.26. The Labute approximate surface area is 172 Å². The minimum absolute atomic E-state index is 0.467. The zero-order valence-electron chi connectivity index (χ0n) is 17.0. The summed E-state index contributed by atoms with van der Waals surface area (Å²) in [7, 11) is 1.67. The Hall–Kier alpha value is -2.60. The average molecular weight is 394 g/mol. The standard InChI is InChI=1S/C24H29N3O2/c1-29-20-9-10-23-21(16-20)22(17-25-23)24(28)18-27-14-12-26(13-15-27)11-5-8-19-6-3-2-4-7-19/h2-10,16-17,24-25,28H,11-15,18H2,1H3/p+2/b8-5+/t24-/m1/s1. The van der Waals surface area contributed by atoms with Gasteiger partial charge in [-0.1, -0.05) is 36.4 Å². The van der Waals surface area contributed by atoms with E-state index < -0.39 is 6.10 Å². The number of quaternary nitrogens is 2. The molecule has 0 radical (unpaired) electrons. The van der Waals surface area contributed by atoms with Crippen molar-refractivity contribution >= 4 is 17.0 Å². The van der Waals surface area contributed by atoms with Gasteiger partial charge in [0.1, 0.15) is 44.6 Å². The minimum Gasteiger partial charge on any atom is -0.497 e. The molecule has 0 bridgehead atoms. The topological polar surface area (TPSA) is 54.1 Å². The van der Waals surface area contributed by atoms with Crippen LogP contribution in [0.4, 0.5) is 0 Å². The molecule has 1 aromatic heterocycles. The number of fused-ring (bicyclic) bond motifs is 1. The number of aliphatic hydroxyl groups is 1. The van der Waals surface area contributed by atoms with Gasteiger partial charge in [0, 0.05) is 22.7 Å². The maximum Gasteiger partial charge on any atom is 0.130 e. The molecular weight excluding hydrogens is 362 g/mol. The van der Waals surface area contributed by atoms with Crippen LogP contribution < -0.4 is 14.5 Å². The smallest absolute Gasteiger partial charge is 0.130 e. The fourth-order valence-corrected chi connectivity index (χ4v) is 4.20. The lowest BCUT2D eigenvalue weighted by Crippen LogP contribution is -3.28. The van der Waals surface area contributed by atoms with Crippen molar-refractivity contribution < 1.29 is 19.6 Å². The molecule has 2 aromatic carbocycles. The lowest BCUT2D eigenvalue weighted by Gasteiger charge is -2.30. The van der Waals surface area contributed by atoms with Crippen LogP contribution in [-0.4, -0.2) is 56.5 Å². The maximum atomic E-state index is 10.9. The van der Waals surface area contributed by atoms with E-state index in [2.05, 4.69) is 41.4 Å². The van der Waals surface area contributed by atoms with Gasteiger partial charge in [0.05, 0.1) is 13.7 Å². The van der Waals surface area contributed by atoms with Gasteiger partial charge in [0.25, 0.3) is 0 Å². The molecule has 0 amide bonds. The highest BCUT2D eigenvalue weighted by Crippen LogP contribution is 2.27. The quantitative estimate of drug-likeness (QED) is 0.478. The van der Waals surface area contributed by atoms with Gasteiger partial charge in [-0.25, -0.2) is 0 Å². The van der Waals surface area contributed by atoms with Gasteiger partial charge in [0.2, 0.25) is 0 Å². The van der Waals surface area contributed by atoms with Crippen LogP contribution in [0.2, 0.25) is 0 Å². The summed E-state index contributed by atoms with van der Waals surface area (Å²) >= 11 is 0. The maximum absolute atomic E-state index is 10.9. The number of rotatable bonds is 7. The van der Waals surface area contributed by atoms with Crippen LogP contribution in [0, 0.1) is 0 Å². The molecule has 0 unspecified atom stereocenters. The van der Waals surface area contributed by atoms with Crippen LogP contribution in [0.3, 0.4) is 0 Å². The van der Waals surface area contributed by atoms with Crippen LogP contribution in [0.1, 0.15) is 17.2 Å². The first-order valence-electron chi connectivity index (χ1n) is 10.4. The SMILES string of the molecule is COc1ccc2[nH]cc([C@H](O)C[NH+]3CC[NH+](C/C=C/c4ccccc4)CC3)c2c1. The predicted molar refractivity (Wildman–Crippen MR) is 116 cm³/mol. The third-order valence-corrected chi connectivity index (χ3v) is 5.94. The number of nitrogens with one attached hydrogen (secondary N) is 3. The van der Waals surface area contributed by atoms with Gasteiger partial charge in [-0.2, -0.15) is 0 Å². The number of hydrogen-bond acceptors (Lipinski definition) is 2. The number of methoxy groups -OCH3 is 1. The highest BCUT2D eigenvalue weighted by atomic mass is 16.5. The van der Waals surface area contributed by atoms with Crippen molar-refractivity contribution in [1.82, 2.24) is 4.98 Å². The van der Waals surface area contributed by atoms with E-state index in [0.717, 1.165) is 61.5 Å². The molecule has 0 spiro atoms. The molecule has 4 N–H and O–H groups in total. The van der Waals surface area contributed by atoms with E-state index >= 15 is 0 Å². The van der Waals surface area contributed by atoms with Gasteiger partial charge in [-0.3, -0.25) is 0 Å². The molecule has 3 aromatic rings.